The predicted octanol–water partition coefficient (Wildman–Crippen LogP) is 3.24. The molecule has 15 heavy (non-hydrogen) atoms. The van der Waals surface area contributed by atoms with Crippen molar-refractivity contribution in [3.8, 4) is 16.2 Å². The van der Waals surface area contributed by atoms with Crippen molar-refractivity contribution in [2.75, 3.05) is 7.11 Å². The number of ether oxygens (including phenoxy) is 1. The number of aldehydes is 1. The standard InChI is InChI=1S/C12H10O2S/c1-14-11-5-3-2-4-10(11)12-9(8-13)6-7-15-12/h2-8H,1H3. The fourth-order valence-corrected chi connectivity index (χ4v) is 2.36. The van der Waals surface area contributed by atoms with Crippen LogP contribution < -0.4 is 4.74 Å². The van der Waals surface area contributed by atoms with Crippen molar-refractivity contribution in [3.63, 3.8) is 0 Å². The Balaban J connectivity index is 2.58. The second-order valence-corrected chi connectivity index (χ2v) is 3.94. The third-order valence-electron chi connectivity index (χ3n) is 2.17. The second-order valence-electron chi connectivity index (χ2n) is 3.02. The van der Waals surface area contributed by atoms with E-state index in [-0.39, 0.29) is 0 Å². The number of benzene rings is 1. The highest BCUT2D eigenvalue weighted by Gasteiger charge is 2.10. The minimum absolute atomic E-state index is 0.713. The summed E-state index contributed by atoms with van der Waals surface area (Å²) in [5.74, 6) is 0.794. The molecule has 0 spiro atoms. The third kappa shape index (κ3) is 1.78. The average molecular weight is 218 g/mol. The van der Waals surface area contributed by atoms with Gasteiger partial charge in [-0.2, -0.15) is 0 Å². The van der Waals surface area contributed by atoms with Crippen molar-refractivity contribution in [1.82, 2.24) is 0 Å². The van der Waals surface area contributed by atoms with Gasteiger partial charge in [0, 0.05) is 16.0 Å². The van der Waals surface area contributed by atoms with Crippen molar-refractivity contribution in [3.05, 3.63) is 41.3 Å². The smallest absolute Gasteiger partial charge is 0.151 e. The molecule has 0 saturated heterocycles. The van der Waals surface area contributed by atoms with Crippen LogP contribution in [0, 0.1) is 0 Å². The van der Waals surface area contributed by atoms with Crippen molar-refractivity contribution in [2.45, 2.75) is 0 Å². The van der Waals surface area contributed by atoms with E-state index in [2.05, 4.69) is 0 Å². The molecule has 0 unspecified atom stereocenters. The van der Waals surface area contributed by atoms with Crippen LogP contribution in [0.4, 0.5) is 0 Å². The predicted molar refractivity (Wildman–Crippen MR) is 61.7 cm³/mol. The zero-order chi connectivity index (χ0) is 10.7. The van der Waals surface area contributed by atoms with Crippen LogP contribution in [0.2, 0.25) is 0 Å². The molecule has 0 radical (unpaired) electrons. The summed E-state index contributed by atoms with van der Waals surface area (Å²) in [5.41, 5.74) is 1.68. The van der Waals surface area contributed by atoms with E-state index in [9.17, 15) is 4.79 Å². The number of para-hydroxylation sites is 1. The molecule has 1 heterocycles. The highest BCUT2D eigenvalue weighted by Crippen LogP contribution is 2.35. The molecular weight excluding hydrogens is 208 g/mol. The quantitative estimate of drug-likeness (QED) is 0.739. The minimum Gasteiger partial charge on any atom is -0.496 e. The van der Waals surface area contributed by atoms with Gasteiger partial charge in [-0.15, -0.1) is 11.3 Å². The van der Waals surface area contributed by atoms with Crippen LogP contribution in [-0.4, -0.2) is 13.4 Å². The summed E-state index contributed by atoms with van der Waals surface area (Å²) in [6, 6.07) is 9.52. The van der Waals surface area contributed by atoms with Gasteiger partial charge in [0.2, 0.25) is 0 Å². The Hall–Kier alpha value is -1.61. The lowest BCUT2D eigenvalue weighted by Gasteiger charge is -2.06. The number of rotatable bonds is 3. The van der Waals surface area contributed by atoms with E-state index in [0.29, 0.717) is 5.56 Å². The summed E-state index contributed by atoms with van der Waals surface area (Å²) < 4.78 is 5.26. The lowest BCUT2D eigenvalue weighted by Crippen LogP contribution is -1.87. The minimum atomic E-state index is 0.713. The molecule has 2 rings (SSSR count). The van der Waals surface area contributed by atoms with Gasteiger partial charge in [0.15, 0.2) is 6.29 Å². The first-order chi connectivity index (χ1) is 7.36. The molecule has 0 bridgehead atoms. The van der Waals surface area contributed by atoms with Crippen LogP contribution >= 0.6 is 11.3 Å². The molecule has 2 nitrogen and oxygen atoms in total. The molecule has 0 N–H and O–H groups in total. The lowest BCUT2D eigenvalue weighted by atomic mass is 10.1. The molecule has 0 aliphatic carbocycles. The maximum absolute atomic E-state index is 10.8. The largest absolute Gasteiger partial charge is 0.496 e. The topological polar surface area (TPSA) is 26.3 Å². The Morgan fingerprint density at radius 2 is 2.07 bits per heavy atom. The zero-order valence-electron chi connectivity index (χ0n) is 8.27. The first kappa shape index (κ1) is 9.93. The molecular formula is C12H10O2S. The number of carbonyl (C=O) groups excluding carboxylic acids is 1. The third-order valence-corrected chi connectivity index (χ3v) is 3.14. The molecule has 3 heteroatoms. The van der Waals surface area contributed by atoms with Crippen LogP contribution in [-0.2, 0) is 0 Å². The van der Waals surface area contributed by atoms with Crippen LogP contribution in [0.1, 0.15) is 10.4 Å². The first-order valence-electron chi connectivity index (χ1n) is 4.53. The molecule has 0 saturated carbocycles. The van der Waals surface area contributed by atoms with Crippen molar-refractivity contribution in [2.24, 2.45) is 0 Å². The molecule has 0 aliphatic heterocycles. The van der Waals surface area contributed by atoms with Gasteiger partial charge in [0.25, 0.3) is 0 Å². The van der Waals surface area contributed by atoms with Gasteiger partial charge in [-0.3, -0.25) is 4.79 Å². The Labute approximate surface area is 92.1 Å². The molecule has 1 aromatic carbocycles. The fraction of sp³-hybridized carbons (Fsp3) is 0.0833. The van der Waals surface area contributed by atoms with E-state index in [0.717, 1.165) is 22.5 Å². The number of hydrogen-bond acceptors (Lipinski definition) is 3. The van der Waals surface area contributed by atoms with Gasteiger partial charge in [0.05, 0.1) is 7.11 Å². The first-order valence-corrected chi connectivity index (χ1v) is 5.41. The highest BCUT2D eigenvalue weighted by atomic mass is 32.1. The Morgan fingerprint density at radius 3 is 2.80 bits per heavy atom. The molecule has 0 atom stereocenters. The number of hydrogen-bond donors (Lipinski definition) is 0. The van der Waals surface area contributed by atoms with Crippen LogP contribution in [0.15, 0.2) is 35.7 Å². The van der Waals surface area contributed by atoms with Gasteiger partial charge >= 0.3 is 0 Å². The van der Waals surface area contributed by atoms with Gasteiger partial charge in [-0.05, 0) is 23.6 Å². The lowest BCUT2D eigenvalue weighted by molar-refractivity contribution is 0.112. The van der Waals surface area contributed by atoms with E-state index in [1.54, 1.807) is 18.4 Å². The SMILES string of the molecule is COc1ccccc1-c1sccc1C=O. The maximum Gasteiger partial charge on any atom is 0.151 e. The monoisotopic (exact) mass is 218 g/mol. The summed E-state index contributed by atoms with van der Waals surface area (Å²) in [4.78, 5) is 11.8. The molecule has 76 valence electrons. The van der Waals surface area contributed by atoms with Gasteiger partial charge in [-0.25, -0.2) is 0 Å². The number of methoxy groups -OCH3 is 1. The molecule has 0 fully saturated rings. The maximum atomic E-state index is 10.8. The zero-order valence-corrected chi connectivity index (χ0v) is 9.08. The van der Waals surface area contributed by atoms with Gasteiger partial charge in [-0.1, -0.05) is 12.1 Å². The van der Waals surface area contributed by atoms with Crippen molar-refractivity contribution < 1.29 is 9.53 Å². The highest BCUT2D eigenvalue weighted by molar-refractivity contribution is 7.14. The van der Waals surface area contributed by atoms with Gasteiger partial charge < -0.3 is 4.74 Å². The van der Waals surface area contributed by atoms with E-state index in [1.165, 1.54) is 0 Å². The Kier molecular flexibility index (Phi) is 2.83. The van der Waals surface area contributed by atoms with E-state index in [1.807, 2.05) is 35.7 Å². The van der Waals surface area contributed by atoms with E-state index in [4.69, 9.17) is 4.74 Å². The molecule has 0 aliphatic rings. The van der Waals surface area contributed by atoms with Crippen LogP contribution in [0.3, 0.4) is 0 Å². The summed E-state index contributed by atoms with van der Waals surface area (Å²) in [6.45, 7) is 0. The number of thiophene rings is 1. The Morgan fingerprint density at radius 1 is 1.27 bits per heavy atom. The van der Waals surface area contributed by atoms with Crippen LogP contribution in [0.25, 0.3) is 10.4 Å². The van der Waals surface area contributed by atoms with Gasteiger partial charge in [0.1, 0.15) is 5.75 Å². The van der Waals surface area contributed by atoms with E-state index >= 15 is 0 Å². The normalized spacial score (nSPS) is 9.93. The summed E-state index contributed by atoms with van der Waals surface area (Å²) in [6.07, 6.45) is 0.873. The average Bonchev–Trinajstić information content (AvgIpc) is 2.76. The number of carbonyl (C=O) groups is 1. The molecule has 2 aromatic rings. The fourth-order valence-electron chi connectivity index (χ4n) is 1.46. The molecule has 1 aromatic heterocycles. The van der Waals surface area contributed by atoms with Crippen LogP contribution in [0.5, 0.6) is 5.75 Å². The Bertz CT molecular complexity index is 474. The molecule has 0 amide bonds. The summed E-state index contributed by atoms with van der Waals surface area (Å²) in [5, 5.41) is 1.91. The van der Waals surface area contributed by atoms with Crippen molar-refractivity contribution >= 4 is 17.6 Å². The van der Waals surface area contributed by atoms with Crippen molar-refractivity contribution in [1.29, 1.82) is 0 Å². The summed E-state index contributed by atoms with van der Waals surface area (Å²) in [7, 11) is 1.63. The second kappa shape index (κ2) is 4.28. The van der Waals surface area contributed by atoms with E-state index < -0.39 is 0 Å². The summed E-state index contributed by atoms with van der Waals surface area (Å²) >= 11 is 1.55.